The normalized spacial score (nSPS) is 10.6. The summed E-state index contributed by atoms with van der Waals surface area (Å²) in [7, 11) is 0. The van der Waals surface area contributed by atoms with Crippen LogP contribution in [0.15, 0.2) is 45.7 Å². The van der Waals surface area contributed by atoms with Gasteiger partial charge in [-0.3, -0.25) is 0 Å². The van der Waals surface area contributed by atoms with Crippen LogP contribution in [0, 0.1) is 0 Å². The zero-order valence-electron chi connectivity index (χ0n) is 10.6. The number of furan rings is 1. The second-order valence-corrected chi connectivity index (χ2v) is 5.63. The largest absolute Gasteiger partial charge is 0.463 e. The van der Waals surface area contributed by atoms with Gasteiger partial charge in [-0.05, 0) is 48.9 Å². The maximum Gasteiger partial charge on any atom is 0.123 e. The molecule has 2 rings (SSSR count). The van der Waals surface area contributed by atoms with Crippen molar-refractivity contribution in [1.29, 1.82) is 0 Å². The van der Waals surface area contributed by atoms with Gasteiger partial charge in [0.2, 0.25) is 0 Å². The van der Waals surface area contributed by atoms with Crippen molar-refractivity contribution in [2.75, 3.05) is 17.8 Å². The van der Waals surface area contributed by atoms with E-state index in [0.717, 1.165) is 29.5 Å². The van der Waals surface area contributed by atoms with Crippen LogP contribution in [0.25, 0.3) is 0 Å². The zero-order valence-corrected chi connectivity index (χ0v) is 12.2. The molecule has 18 heavy (non-hydrogen) atoms. The maximum atomic E-state index is 5.70. The van der Waals surface area contributed by atoms with Gasteiger partial charge in [0, 0.05) is 10.6 Å². The van der Waals surface area contributed by atoms with Gasteiger partial charge in [0.1, 0.15) is 11.5 Å². The van der Waals surface area contributed by atoms with E-state index in [1.165, 1.54) is 4.90 Å². The predicted molar refractivity (Wildman–Crippen MR) is 81.5 cm³/mol. The number of thioether (sulfide) groups is 2. The van der Waals surface area contributed by atoms with E-state index in [0.29, 0.717) is 0 Å². The quantitative estimate of drug-likeness (QED) is 0.788. The second kappa shape index (κ2) is 6.81. The van der Waals surface area contributed by atoms with Gasteiger partial charge < -0.3 is 9.73 Å². The third kappa shape index (κ3) is 3.75. The van der Waals surface area contributed by atoms with Crippen molar-refractivity contribution in [2.24, 2.45) is 0 Å². The smallest absolute Gasteiger partial charge is 0.123 e. The third-order valence-electron chi connectivity index (χ3n) is 2.56. The Balaban J connectivity index is 1.89. The fraction of sp³-hybridized carbons (Fsp3) is 0.286. The van der Waals surface area contributed by atoms with Gasteiger partial charge in [-0.1, -0.05) is 0 Å². The molecule has 0 unspecified atom stereocenters. The van der Waals surface area contributed by atoms with Crippen LogP contribution in [0.3, 0.4) is 0 Å². The minimum Gasteiger partial charge on any atom is -0.463 e. The molecular formula is C14H17NOS2. The van der Waals surface area contributed by atoms with Crippen molar-refractivity contribution < 1.29 is 4.42 Å². The van der Waals surface area contributed by atoms with Gasteiger partial charge in [0.25, 0.3) is 0 Å². The van der Waals surface area contributed by atoms with Crippen molar-refractivity contribution in [3.05, 3.63) is 47.9 Å². The average molecular weight is 279 g/mol. The molecule has 0 saturated heterocycles. The Morgan fingerprint density at radius 1 is 1.00 bits per heavy atom. The molecule has 96 valence electrons. The molecule has 1 aromatic heterocycles. The fourth-order valence-corrected chi connectivity index (χ4v) is 2.48. The van der Waals surface area contributed by atoms with Gasteiger partial charge >= 0.3 is 0 Å². The van der Waals surface area contributed by atoms with E-state index in [4.69, 9.17) is 4.42 Å². The Morgan fingerprint density at radius 3 is 2.39 bits per heavy atom. The first-order valence-electron chi connectivity index (χ1n) is 5.76. The average Bonchev–Trinajstić information content (AvgIpc) is 2.85. The van der Waals surface area contributed by atoms with Gasteiger partial charge in [-0.2, -0.15) is 11.8 Å². The van der Waals surface area contributed by atoms with E-state index in [9.17, 15) is 0 Å². The van der Waals surface area contributed by atoms with Crippen LogP contribution < -0.4 is 5.32 Å². The lowest BCUT2D eigenvalue weighted by molar-refractivity contribution is 0.487. The molecule has 0 spiro atoms. The lowest BCUT2D eigenvalue weighted by Crippen LogP contribution is -1.97. The molecule has 0 bridgehead atoms. The van der Waals surface area contributed by atoms with E-state index in [1.807, 2.05) is 12.1 Å². The summed E-state index contributed by atoms with van der Waals surface area (Å²) < 4.78 is 5.70. The molecule has 0 radical (unpaired) electrons. The van der Waals surface area contributed by atoms with E-state index in [2.05, 4.69) is 42.1 Å². The first kappa shape index (κ1) is 13.4. The predicted octanol–water partition coefficient (Wildman–Crippen LogP) is 4.48. The van der Waals surface area contributed by atoms with E-state index in [1.54, 1.807) is 23.5 Å². The number of rotatable bonds is 6. The van der Waals surface area contributed by atoms with Crippen LogP contribution >= 0.6 is 23.5 Å². The first-order valence-corrected chi connectivity index (χ1v) is 8.38. The van der Waals surface area contributed by atoms with Crippen LogP contribution in [0.1, 0.15) is 11.5 Å². The maximum absolute atomic E-state index is 5.70. The van der Waals surface area contributed by atoms with E-state index < -0.39 is 0 Å². The van der Waals surface area contributed by atoms with Crippen molar-refractivity contribution in [2.45, 2.75) is 17.2 Å². The van der Waals surface area contributed by atoms with E-state index in [-0.39, 0.29) is 0 Å². The number of anilines is 1. The Labute approximate surface area is 117 Å². The summed E-state index contributed by atoms with van der Waals surface area (Å²) in [5.41, 5.74) is 1.12. The van der Waals surface area contributed by atoms with Crippen molar-refractivity contribution in [3.8, 4) is 0 Å². The molecule has 2 nitrogen and oxygen atoms in total. The third-order valence-corrected chi connectivity index (χ3v) is 3.88. The van der Waals surface area contributed by atoms with Gasteiger partial charge in [0.15, 0.2) is 0 Å². The molecule has 0 aliphatic heterocycles. The summed E-state index contributed by atoms with van der Waals surface area (Å²) in [5.74, 6) is 2.95. The Hall–Kier alpha value is -1.00. The molecule has 0 aliphatic carbocycles. The Bertz CT molecular complexity index is 479. The molecule has 0 atom stereocenters. The minimum absolute atomic E-state index is 0.729. The molecule has 4 heteroatoms. The van der Waals surface area contributed by atoms with Crippen molar-refractivity contribution >= 4 is 29.2 Å². The minimum atomic E-state index is 0.729. The highest BCUT2D eigenvalue weighted by molar-refractivity contribution is 7.98. The SMILES string of the molecule is CSCc1ccc(CNc2ccc(SC)cc2)o1. The van der Waals surface area contributed by atoms with Crippen LogP contribution in [0.2, 0.25) is 0 Å². The highest BCUT2D eigenvalue weighted by Crippen LogP contribution is 2.19. The number of benzene rings is 1. The van der Waals surface area contributed by atoms with Crippen molar-refractivity contribution in [3.63, 3.8) is 0 Å². The molecule has 0 saturated carbocycles. The standard InChI is InChI=1S/C14H17NOS2/c1-17-10-13-6-5-12(16-13)9-15-11-3-7-14(18-2)8-4-11/h3-8,15H,9-10H2,1-2H3. The van der Waals surface area contributed by atoms with Crippen LogP contribution in [0.4, 0.5) is 5.69 Å². The highest BCUT2D eigenvalue weighted by Gasteiger charge is 2.01. The molecule has 1 heterocycles. The number of hydrogen-bond donors (Lipinski definition) is 1. The number of nitrogens with one attached hydrogen (secondary N) is 1. The van der Waals surface area contributed by atoms with Gasteiger partial charge in [-0.15, -0.1) is 11.8 Å². The molecule has 2 aromatic rings. The van der Waals surface area contributed by atoms with Gasteiger partial charge in [-0.25, -0.2) is 0 Å². The molecule has 0 fully saturated rings. The molecule has 1 aromatic carbocycles. The fourth-order valence-electron chi connectivity index (χ4n) is 1.64. The summed E-state index contributed by atoms with van der Waals surface area (Å²) in [4.78, 5) is 1.28. The first-order chi connectivity index (χ1) is 8.81. The summed E-state index contributed by atoms with van der Waals surface area (Å²) in [6, 6.07) is 12.5. The van der Waals surface area contributed by atoms with Gasteiger partial charge in [0.05, 0.1) is 12.3 Å². The summed E-state index contributed by atoms with van der Waals surface area (Å²) in [6.07, 6.45) is 4.16. The topological polar surface area (TPSA) is 25.2 Å². The highest BCUT2D eigenvalue weighted by atomic mass is 32.2. The molecule has 0 aliphatic rings. The zero-order chi connectivity index (χ0) is 12.8. The summed E-state index contributed by atoms with van der Waals surface area (Å²) in [6.45, 7) is 0.729. The van der Waals surface area contributed by atoms with Crippen molar-refractivity contribution in [1.82, 2.24) is 0 Å². The lowest BCUT2D eigenvalue weighted by atomic mass is 10.3. The van der Waals surface area contributed by atoms with Crippen LogP contribution in [-0.2, 0) is 12.3 Å². The second-order valence-electron chi connectivity index (χ2n) is 3.88. The van der Waals surface area contributed by atoms with Crippen LogP contribution in [0.5, 0.6) is 0 Å². The summed E-state index contributed by atoms with van der Waals surface area (Å²) >= 11 is 3.52. The Kier molecular flexibility index (Phi) is 5.08. The number of hydrogen-bond acceptors (Lipinski definition) is 4. The van der Waals surface area contributed by atoms with Crippen LogP contribution in [-0.4, -0.2) is 12.5 Å². The molecule has 1 N–H and O–H groups in total. The lowest BCUT2D eigenvalue weighted by Gasteiger charge is -2.05. The molecular weight excluding hydrogens is 262 g/mol. The monoisotopic (exact) mass is 279 g/mol. The Morgan fingerprint density at radius 2 is 1.72 bits per heavy atom. The van der Waals surface area contributed by atoms with E-state index >= 15 is 0 Å². The summed E-state index contributed by atoms with van der Waals surface area (Å²) in [5, 5.41) is 3.36. The molecule has 0 amide bonds.